The highest BCUT2D eigenvalue weighted by Gasteiger charge is 2.09. The molecule has 3 N–H and O–H groups in total. The van der Waals surface area contributed by atoms with Crippen molar-refractivity contribution >= 4 is 29.1 Å². The maximum absolute atomic E-state index is 12.0. The van der Waals surface area contributed by atoms with Crippen LogP contribution in [0.15, 0.2) is 54.6 Å². The van der Waals surface area contributed by atoms with E-state index in [-0.39, 0.29) is 17.6 Å². The average molecular weight is 385 g/mol. The van der Waals surface area contributed by atoms with E-state index in [1.165, 1.54) is 0 Å². The number of benzene rings is 2. The first kappa shape index (κ1) is 20.4. The lowest BCUT2D eigenvalue weighted by Gasteiger charge is -2.13. The summed E-state index contributed by atoms with van der Waals surface area (Å²) < 4.78 is 5.64. The van der Waals surface area contributed by atoms with Gasteiger partial charge in [0.2, 0.25) is 5.91 Å². The highest BCUT2D eigenvalue weighted by atomic mass is 32.1. The number of hydrazine groups is 1. The molecule has 0 fully saturated rings. The lowest BCUT2D eigenvalue weighted by atomic mass is 10.1. The zero-order valence-electron chi connectivity index (χ0n) is 15.2. The van der Waals surface area contributed by atoms with Crippen LogP contribution in [0.25, 0.3) is 11.1 Å². The van der Waals surface area contributed by atoms with Crippen molar-refractivity contribution < 1.29 is 14.3 Å². The molecule has 7 heteroatoms. The summed E-state index contributed by atoms with van der Waals surface area (Å²) in [6.07, 6.45) is 2.10. The molecule has 0 saturated heterocycles. The Hall–Kier alpha value is -2.93. The maximum atomic E-state index is 12.0. The number of thiocarbonyl (C=S) groups is 1. The summed E-state index contributed by atoms with van der Waals surface area (Å²) in [5.74, 6) is 0.00829. The Kier molecular flexibility index (Phi) is 8.25. The fourth-order valence-electron chi connectivity index (χ4n) is 2.31. The van der Waals surface area contributed by atoms with Crippen LogP contribution in [0.2, 0.25) is 0 Å². The van der Waals surface area contributed by atoms with E-state index in [9.17, 15) is 9.59 Å². The molecule has 0 aliphatic heterocycles. The van der Waals surface area contributed by atoms with E-state index in [1.54, 1.807) is 0 Å². The summed E-state index contributed by atoms with van der Waals surface area (Å²) >= 11 is 4.96. The van der Waals surface area contributed by atoms with Crippen molar-refractivity contribution in [2.45, 2.75) is 26.2 Å². The fourth-order valence-corrected chi connectivity index (χ4v) is 2.48. The van der Waals surface area contributed by atoms with Crippen LogP contribution in [0.3, 0.4) is 0 Å². The topological polar surface area (TPSA) is 79.5 Å². The Bertz CT molecular complexity index is 781. The first-order valence-corrected chi connectivity index (χ1v) is 9.17. The minimum absolute atomic E-state index is 0.0501. The van der Waals surface area contributed by atoms with E-state index < -0.39 is 5.91 Å². The number of para-hydroxylation sites is 1. The van der Waals surface area contributed by atoms with Gasteiger partial charge in [-0.1, -0.05) is 61.9 Å². The summed E-state index contributed by atoms with van der Waals surface area (Å²) in [6, 6.07) is 17.3. The Morgan fingerprint density at radius 2 is 1.67 bits per heavy atom. The highest BCUT2D eigenvalue weighted by molar-refractivity contribution is 7.80. The lowest BCUT2D eigenvalue weighted by Crippen LogP contribution is -2.49. The maximum Gasteiger partial charge on any atom is 0.276 e. The van der Waals surface area contributed by atoms with E-state index in [0.717, 1.165) is 24.0 Å². The van der Waals surface area contributed by atoms with Crippen molar-refractivity contribution in [3.63, 3.8) is 0 Å². The van der Waals surface area contributed by atoms with Crippen LogP contribution in [0.1, 0.15) is 26.2 Å². The Labute approximate surface area is 164 Å². The molecule has 0 bridgehead atoms. The van der Waals surface area contributed by atoms with Crippen LogP contribution < -0.4 is 20.9 Å². The van der Waals surface area contributed by atoms with Crippen molar-refractivity contribution in [3.05, 3.63) is 54.6 Å². The smallest absolute Gasteiger partial charge is 0.276 e. The normalized spacial score (nSPS) is 9.96. The number of hydrogen-bond acceptors (Lipinski definition) is 4. The van der Waals surface area contributed by atoms with Gasteiger partial charge in [-0.05, 0) is 30.3 Å². The second-order valence-electron chi connectivity index (χ2n) is 5.80. The van der Waals surface area contributed by atoms with E-state index in [2.05, 4.69) is 16.2 Å². The highest BCUT2D eigenvalue weighted by Crippen LogP contribution is 2.29. The van der Waals surface area contributed by atoms with E-state index in [0.29, 0.717) is 12.2 Å². The number of carbonyl (C=O) groups is 2. The minimum Gasteiger partial charge on any atom is -0.483 e. The van der Waals surface area contributed by atoms with Crippen LogP contribution in [0.4, 0.5) is 0 Å². The molecular weight excluding hydrogens is 362 g/mol. The molecule has 0 heterocycles. The van der Waals surface area contributed by atoms with Crippen molar-refractivity contribution in [1.29, 1.82) is 0 Å². The molecule has 0 spiro atoms. The van der Waals surface area contributed by atoms with Gasteiger partial charge < -0.3 is 10.1 Å². The first-order valence-electron chi connectivity index (χ1n) is 8.76. The Morgan fingerprint density at radius 3 is 2.41 bits per heavy atom. The summed E-state index contributed by atoms with van der Waals surface area (Å²) in [5.41, 5.74) is 6.80. The van der Waals surface area contributed by atoms with Gasteiger partial charge >= 0.3 is 0 Å². The monoisotopic (exact) mass is 385 g/mol. The van der Waals surface area contributed by atoms with Crippen LogP contribution in [0, 0.1) is 0 Å². The van der Waals surface area contributed by atoms with Crippen molar-refractivity contribution in [1.82, 2.24) is 16.2 Å². The van der Waals surface area contributed by atoms with Gasteiger partial charge in [-0.25, -0.2) is 0 Å². The molecule has 0 atom stereocenters. The lowest BCUT2D eigenvalue weighted by molar-refractivity contribution is -0.124. The van der Waals surface area contributed by atoms with Gasteiger partial charge in [0.05, 0.1) is 0 Å². The number of amides is 2. The molecule has 0 aromatic heterocycles. The third-order valence-electron chi connectivity index (χ3n) is 3.66. The van der Waals surface area contributed by atoms with Crippen LogP contribution in [0.5, 0.6) is 5.75 Å². The minimum atomic E-state index is -0.414. The second kappa shape index (κ2) is 10.9. The molecule has 6 nitrogen and oxygen atoms in total. The fraction of sp³-hybridized carbons (Fsp3) is 0.250. The van der Waals surface area contributed by atoms with Gasteiger partial charge in [0, 0.05) is 12.0 Å². The Morgan fingerprint density at radius 1 is 0.963 bits per heavy atom. The van der Waals surface area contributed by atoms with E-state index in [1.807, 2.05) is 61.5 Å². The molecule has 2 aromatic carbocycles. The largest absolute Gasteiger partial charge is 0.483 e. The predicted octanol–water partition coefficient (Wildman–Crippen LogP) is 2.94. The number of hydrogen-bond donors (Lipinski definition) is 3. The molecule has 0 unspecified atom stereocenters. The van der Waals surface area contributed by atoms with Crippen molar-refractivity contribution in [2.24, 2.45) is 0 Å². The molecule has 2 amide bonds. The molecule has 27 heavy (non-hydrogen) atoms. The predicted molar refractivity (Wildman–Crippen MR) is 109 cm³/mol. The zero-order chi connectivity index (χ0) is 19.5. The third-order valence-corrected chi connectivity index (χ3v) is 3.86. The Balaban J connectivity index is 1.81. The summed E-state index contributed by atoms with van der Waals surface area (Å²) in [5, 5.41) is 2.55. The van der Waals surface area contributed by atoms with Crippen LogP contribution >= 0.6 is 12.2 Å². The van der Waals surface area contributed by atoms with Crippen molar-refractivity contribution in [2.75, 3.05) is 6.61 Å². The number of carbonyl (C=O) groups excluding carboxylic acids is 2. The summed E-state index contributed by atoms with van der Waals surface area (Å²) in [6.45, 7) is 1.81. The van der Waals surface area contributed by atoms with Gasteiger partial charge in [-0.3, -0.25) is 20.4 Å². The van der Waals surface area contributed by atoms with Crippen LogP contribution in [-0.4, -0.2) is 23.5 Å². The molecule has 2 rings (SSSR count). The number of unbranched alkanes of at least 4 members (excludes halogenated alkanes) is 1. The van der Waals surface area contributed by atoms with Crippen LogP contribution in [-0.2, 0) is 9.59 Å². The standard InChI is InChI=1S/C20H23N3O3S/c1-2-3-13-18(24)21-20(27)23-22-19(25)14-26-17-12-8-7-11-16(17)15-9-5-4-6-10-15/h4-12H,2-3,13-14H2,1H3,(H,22,25)(H2,21,23,24,27). The van der Waals surface area contributed by atoms with Gasteiger partial charge in [0.25, 0.3) is 5.91 Å². The molecular formula is C20H23N3O3S. The molecule has 0 radical (unpaired) electrons. The average Bonchev–Trinajstić information content (AvgIpc) is 2.70. The van der Waals surface area contributed by atoms with Crippen molar-refractivity contribution in [3.8, 4) is 16.9 Å². The quantitative estimate of drug-likeness (QED) is 0.504. The first-order chi connectivity index (χ1) is 13.1. The summed E-state index contributed by atoms with van der Waals surface area (Å²) in [4.78, 5) is 23.5. The summed E-state index contributed by atoms with van der Waals surface area (Å²) in [7, 11) is 0. The van der Waals surface area contributed by atoms with Gasteiger partial charge in [-0.2, -0.15) is 0 Å². The van der Waals surface area contributed by atoms with E-state index >= 15 is 0 Å². The molecule has 142 valence electrons. The van der Waals surface area contributed by atoms with Gasteiger partial charge in [0.1, 0.15) is 5.75 Å². The zero-order valence-corrected chi connectivity index (χ0v) is 16.0. The number of nitrogens with one attached hydrogen (secondary N) is 3. The van der Waals surface area contributed by atoms with Gasteiger partial charge in [-0.15, -0.1) is 0 Å². The second-order valence-corrected chi connectivity index (χ2v) is 6.21. The number of rotatable bonds is 7. The molecule has 0 aliphatic carbocycles. The SMILES string of the molecule is CCCCC(=O)NC(=S)NNC(=O)COc1ccccc1-c1ccccc1. The third kappa shape index (κ3) is 7.07. The molecule has 0 saturated carbocycles. The van der Waals surface area contributed by atoms with E-state index in [4.69, 9.17) is 17.0 Å². The van der Waals surface area contributed by atoms with Gasteiger partial charge in [0.15, 0.2) is 11.7 Å². The molecule has 0 aliphatic rings. The molecule has 2 aromatic rings. The number of ether oxygens (including phenoxy) is 1.